The number of aliphatic imine (C=N–C) groups is 2. The topological polar surface area (TPSA) is 68.1 Å². The van der Waals surface area contributed by atoms with E-state index in [-0.39, 0.29) is 6.04 Å². The van der Waals surface area contributed by atoms with E-state index in [0.717, 1.165) is 45.8 Å². The fourth-order valence-electron chi connectivity index (χ4n) is 3.53. The van der Waals surface area contributed by atoms with Crippen LogP contribution in [0.4, 0.5) is 5.69 Å². The van der Waals surface area contributed by atoms with Crippen molar-refractivity contribution in [2.45, 2.75) is 38.5 Å². The van der Waals surface area contributed by atoms with E-state index in [1.54, 1.807) is 6.20 Å². The smallest absolute Gasteiger partial charge is 0.185 e. The highest BCUT2D eigenvalue weighted by Crippen LogP contribution is 2.28. The van der Waals surface area contributed by atoms with Crippen molar-refractivity contribution in [3.8, 4) is 0 Å². The number of fused-ring (bicyclic) bond motifs is 1. The van der Waals surface area contributed by atoms with Gasteiger partial charge in [0.25, 0.3) is 0 Å². The van der Waals surface area contributed by atoms with E-state index in [4.69, 9.17) is 19.5 Å². The van der Waals surface area contributed by atoms with Gasteiger partial charge in [0.05, 0.1) is 31.2 Å². The highest BCUT2D eigenvalue weighted by molar-refractivity contribution is 9.10. The zero-order valence-corrected chi connectivity index (χ0v) is 18.3. The molecule has 2 aromatic rings. The molecule has 0 aliphatic carbocycles. The molecule has 0 radical (unpaired) electrons. The van der Waals surface area contributed by atoms with Crippen LogP contribution in [0.25, 0.3) is 0 Å². The number of aromatic nitrogens is 1. The van der Waals surface area contributed by atoms with E-state index < -0.39 is 5.79 Å². The average Bonchev–Trinajstić information content (AvgIpc) is 3.10. The number of benzene rings is 1. The first-order valence-electron chi connectivity index (χ1n) is 9.96. The monoisotopic (exact) mass is 456 g/mol. The lowest BCUT2D eigenvalue weighted by atomic mass is 10.0. The van der Waals surface area contributed by atoms with Gasteiger partial charge in [0.15, 0.2) is 5.79 Å². The number of hydrogen-bond acceptors (Lipinski definition) is 5. The molecule has 0 bridgehead atoms. The Morgan fingerprint density at radius 2 is 2.07 bits per heavy atom. The molecule has 1 saturated heterocycles. The number of hydrogen-bond donors (Lipinski definition) is 1. The maximum absolute atomic E-state index is 5.72. The molecule has 2 aliphatic heterocycles. The van der Waals surface area contributed by atoms with E-state index in [2.05, 4.69) is 39.2 Å². The zero-order chi connectivity index (χ0) is 20.3. The van der Waals surface area contributed by atoms with Gasteiger partial charge >= 0.3 is 0 Å². The van der Waals surface area contributed by atoms with Gasteiger partial charge in [0.1, 0.15) is 11.9 Å². The lowest BCUT2D eigenvalue weighted by Crippen LogP contribution is -2.33. The summed E-state index contributed by atoms with van der Waals surface area (Å²) in [6.07, 6.45) is 3.68. The first-order chi connectivity index (χ1) is 14.1. The summed E-state index contributed by atoms with van der Waals surface area (Å²) in [5.74, 6) is 0.162. The maximum Gasteiger partial charge on any atom is 0.185 e. The number of nitrogens with one attached hydrogen (secondary N) is 1. The van der Waals surface area contributed by atoms with Crippen LogP contribution in [0.2, 0.25) is 0 Å². The number of benzodiazepines with no additional fused rings is 1. The van der Waals surface area contributed by atoms with Crippen molar-refractivity contribution in [2.75, 3.05) is 25.1 Å². The van der Waals surface area contributed by atoms with Crippen LogP contribution < -0.4 is 5.32 Å². The lowest BCUT2D eigenvalue weighted by Gasteiger charge is -2.22. The third kappa shape index (κ3) is 4.57. The van der Waals surface area contributed by atoms with Gasteiger partial charge in [-0.15, -0.1) is 0 Å². The first-order valence-corrected chi connectivity index (χ1v) is 10.8. The molecule has 1 fully saturated rings. The summed E-state index contributed by atoms with van der Waals surface area (Å²) < 4.78 is 12.4. The Bertz CT molecular complexity index is 924. The standard InChI is InChI=1S/C22H25BrN4O2/c1-3-6-19-21(25-14-22(2)28-11-12-29-22)27-17-9-8-15(23)13-16(17)20(26-19)18-7-4-5-10-24-18/h4-5,7-10,13,19H,3,6,11-12,14H2,1-2H3,(H,25,27). The van der Waals surface area contributed by atoms with E-state index in [1.807, 2.05) is 37.3 Å². The molecule has 0 amide bonds. The molecule has 2 aliphatic rings. The number of halogens is 1. The fraction of sp³-hybridized carbons (Fsp3) is 0.409. The van der Waals surface area contributed by atoms with Gasteiger partial charge in [0.2, 0.25) is 0 Å². The SMILES string of the molecule is CCCC1N=C(c2ccccn2)c2cc(Br)ccc2NC1=NCC1(C)OCCO1. The minimum atomic E-state index is -0.673. The van der Waals surface area contributed by atoms with E-state index in [9.17, 15) is 0 Å². The Balaban J connectivity index is 1.78. The molecular weight excluding hydrogens is 432 g/mol. The Morgan fingerprint density at radius 3 is 2.79 bits per heavy atom. The molecule has 0 spiro atoms. The summed E-state index contributed by atoms with van der Waals surface area (Å²) in [6.45, 7) is 5.73. The second kappa shape index (κ2) is 8.73. The molecule has 7 heteroatoms. The van der Waals surface area contributed by atoms with Crippen LogP contribution in [0.5, 0.6) is 0 Å². The number of ether oxygens (including phenoxy) is 2. The van der Waals surface area contributed by atoms with Crippen molar-refractivity contribution in [1.82, 2.24) is 4.98 Å². The molecule has 1 aromatic heterocycles. The summed E-state index contributed by atoms with van der Waals surface area (Å²) in [7, 11) is 0. The molecule has 6 nitrogen and oxygen atoms in total. The molecule has 1 unspecified atom stereocenters. The van der Waals surface area contributed by atoms with E-state index in [0.29, 0.717) is 19.8 Å². The largest absolute Gasteiger partial charge is 0.346 e. The predicted octanol–water partition coefficient (Wildman–Crippen LogP) is 4.44. The van der Waals surface area contributed by atoms with Crippen molar-refractivity contribution >= 4 is 33.2 Å². The third-order valence-corrected chi connectivity index (χ3v) is 5.50. The van der Waals surface area contributed by atoms with E-state index in [1.165, 1.54) is 0 Å². The van der Waals surface area contributed by atoms with Crippen molar-refractivity contribution in [3.63, 3.8) is 0 Å². The minimum Gasteiger partial charge on any atom is -0.346 e. The van der Waals surface area contributed by atoms with Crippen LogP contribution in [-0.4, -0.2) is 48.1 Å². The van der Waals surface area contributed by atoms with Crippen LogP contribution >= 0.6 is 15.9 Å². The number of nitrogens with zero attached hydrogens (tertiary/aromatic N) is 3. The first kappa shape index (κ1) is 20.2. The number of anilines is 1. The average molecular weight is 457 g/mol. The second-order valence-corrected chi connectivity index (χ2v) is 8.26. The van der Waals surface area contributed by atoms with Gasteiger partial charge in [-0.2, -0.15) is 0 Å². The molecule has 0 saturated carbocycles. The molecule has 1 aromatic carbocycles. The molecule has 29 heavy (non-hydrogen) atoms. The van der Waals surface area contributed by atoms with Gasteiger partial charge in [-0.25, -0.2) is 0 Å². The van der Waals surface area contributed by atoms with Crippen molar-refractivity contribution in [3.05, 3.63) is 58.3 Å². The van der Waals surface area contributed by atoms with Gasteiger partial charge < -0.3 is 14.8 Å². The number of pyridine rings is 1. The normalized spacial score (nSPS) is 22.0. The van der Waals surface area contributed by atoms with Gasteiger partial charge in [-0.05, 0) is 43.7 Å². The quantitative estimate of drug-likeness (QED) is 0.721. The Morgan fingerprint density at radius 1 is 1.24 bits per heavy atom. The van der Waals surface area contributed by atoms with Crippen LogP contribution in [0.15, 0.2) is 57.1 Å². The predicted molar refractivity (Wildman–Crippen MR) is 119 cm³/mol. The second-order valence-electron chi connectivity index (χ2n) is 7.34. The Labute approximate surface area is 179 Å². The maximum atomic E-state index is 5.72. The number of amidine groups is 1. The third-order valence-electron chi connectivity index (χ3n) is 5.00. The zero-order valence-electron chi connectivity index (χ0n) is 16.7. The Kier molecular flexibility index (Phi) is 6.08. The van der Waals surface area contributed by atoms with Crippen molar-refractivity contribution in [1.29, 1.82) is 0 Å². The van der Waals surface area contributed by atoms with Gasteiger partial charge in [-0.3, -0.25) is 15.0 Å². The van der Waals surface area contributed by atoms with Crippen molar-refractivity contribution < 1.29 is 9.47 Å². The summed E-state index contributed by atoms with van der Waals surface area (Å²) >= 11 is 3.59. The molecule has 1 N–H and O–H groups in total. The molecule has 4 rings (SSSR count). The van der Waals surface area contributed by atoms with E-state index >= 15 is 0 Å². The fourth-order valence-corrected chi connectivity index (χ4v) is 3.89. The molecule has 3 heterocycles. The lowest BCUT2D eigenvalue weighted by molar-refractivity contribution is -0.132. The van der Waals surface area contributed by atoms with Crippen LogP contribution in [0, 0.1) is 0 Å². The number of rotatable bonds is 5. The molecule has 1 atom stereocenters. The summed E-state index contributed by atoms with van der Waals surface area (Å²) in [4.78, 5) is 14.5. The summed E-state index contributed by atoms with van der Waals surface area (Å²) in [5, 5.41) is 3.54. The van der Waals surface area contributed by atoms with Crippen molar-refractivity contribution in [2.24, 2.45) is 9.98 Å². The summed E-state index contributed by atoms with van der Waals surface area (Å²) in [5.41, 5.74) is 3.69. The highest BCUT2D eigenvalue weighted by Gasteiger charge is 2.32. The summed E-state index contributed by atoms with van der Waals surface area (Å²) in [6, 6.07) is 12.0. The minimum absolute atomic E-state index is 0.0896. The Hall–Kier alpha value is -2.09. The molecular formula is C22H25BrN4O2. The molecule has 152 valence electrons. The van der Waals surface area contributed by atoms with Gasteiger partial charge in [0, 0.05) is 21.9 Å². The van der Waals surface area contributed by atoms with Gasteiger partial charge in [-0.1, -0.05) is 35.3 Å². The highest BCUT2D eigenvalue weighted by atomic mass is 79.9. The van der Waals surface area contributed by atoms with Crippen LogP contribution in [0.1, 0.15) is 37.9 Å². The van der Waals surface area contributed by atoms with Crippen LogP contribution in [-0.2, 0) is 9.47 Å². The van der Waals surface area contributed by atoms with Crippen LogP contribution in [0.3, 0.4) is 0 Å².